The molecule has 0 atom stereocenters. The summed E-state index contributed by atoms with van der Waals surface area (Å²) in [6.07, 6.45) is 4.68. The second kappa shape index (κ2) is 8.74. The summed E-state index contributed by atoms with van der Waals surface area (Å²) in [4.78, 5) is 14.5. The van der Waals surface area contributed by atoms with Gasteiger partial charge in [-0.1, -0.05) is 18.0 Å². The lowest BCUT2D eigenvalue weighted by atomic mass is 10.2. The van der Waals surface area contributed by atoms with Crippen molar-refractivity contribution in [3.05, 3.63) is 35.5 Å². The Morgan fingerprint density at radius 2 is 1.75 bits per heavy atom. The van der Waals surface area contributed by atoms with Crippen molar-refractivity contribution in [3.63, 3.8) is 0 Å². The Kier molecular flexibility index (Phi) is 6.35. The van der Waals surface area contributed by atoms with Gasteiger partial charge in [0.25, 0.3) is 10.0 Å². The van der Waals surface area contributed by atoms with Crippen molar-refractivity contribution in [1.82, 2.24) is 10.1 Å². The molecule has 0 saturated carbocycles. The Hall–Kier alpha value is -2.39. The molecule has 0 bridgehead atoms. The van der Waals surface area contributed by atoms with Gasteiger partial charge in [-0.2, -0.15) is 0 Å². The molecular weight excluding hydrogens is 380 g/mol. The highest BCUT2D eigenvalue weighted by atomic mass is 32.2. The fraction of sp³-hybridized carbons (Fsp3) is 0.474. The number of hydrogen-bond acceptors (Lipinski definition) is 6. The quantitative estimate of drug-likeness (QED) is 0.764. The Morgan fingerprint density at radius 3 is 2.32 bits per heavy atom. The van der Waals surface area contributed by atoms with Crippen LogP contribution in [-0.4, -0.2) is 44.0 Å². The summed E-state index contributed by atoms with van der Waals surface area (Å²) in [5.74, 6) is 0.00993. The first-order valence-electron chi connectivity index (χ1n) is 9.43. The van der Waals surface area contributed by atoms with E-state index in [4.69, 9.17) is 4.52 Å². The summed E-state index contributed by atoms with van der Waals surface area (Å²) >= 11 is 0. The number of nitrogens with one attached hydrogen (secondary N) is 2. The molecule has 1 fully saturated rings. The van der Waals surface area contributed by atoms with Crippen LogP contribution in [0, 0.1) is 13.8 Å². The van der Waals surface area contributed by atoms with Crippen molar-refractivity contribution in [3.8, 4) is 0 Å². The standard InChI is InChI=1S/C19H26N4O4S/c1-14-15(2)21-27-19(14)22-28(25,26)17-9-7-16(8-10-17)20-18(24)13-23-11-5-3-4-6-12-23/h7-10,22H,3-6,11-13H2,1-2H3,(H,20,24). The van der Waals surface area contributed by atoms with E-state index in [0.717, 1.165) is 25.9 Å². The largest absolute Gasteiger partial charge is 0.337 e. The minimum Gasteiger partial charge on any atom is -0.337 e. The first kappa shape index (κ1) is 20.3. The van der Waals surface area contributed by atoms with Crippen LogP contribution < -0.4 is 10.0 Å². The third-order valence-corrected chi connectivity index (χ3v) is 6.25. The Labute approximate surface area is 165 Å². The maximum Gasteiger partial charge on any atom is 0.264 e. The number of carbonyl (C=O) groups excluding carboxylic acids is 1. The molecule has 9 heteroatoms. The van der Waals surface area contributed by atoms with E-state index in [0.29, 0.717) is 23.5 Å². The number of rotatable bonds is 6. The van der Waals surface area contributed by atoms with Crippen LogP contribution in [-0.2, 0) is 14.8 Å². The molecule has 2 aromatic rings. The van der Waals surface area contributed by atoms with Gasteiger partial charge in [-0.05, 0) is 64.0 Å². The fourth-order valence-electron chi connectivity index (χ4n) is 3.11. The first-order valence-corrected chi connectivity index (χ1v) is 10.9. The number of anilines is 2. The van der Waals surface area contributed by atoms with E-state index in [2.05, 4.69) is 20.1 Å². The van der Waals surface area contributed by atoms with Gasteiger partial charge in [0.1, 0.15) is 0 Å². The zero-order valence-corrected chi connectivity index (χ0v) is 17.0. The van der Waals surface area contributed by atoms with E-state index in [-0.39, 0.29) is 16.7 Å². The van der Waals surface area contributed by atoms with E-state index in [1.165, 1.54) is 25.0 Å². The second-order valence-corrected chi connectivity index (χ2v) is 8.77. The van der Waals surface area contributed by atoms with Crippen molar-refractivity contribution in [2.45, 2.75) is 44.4 Å². The predicted octanol–water partition coefficient (Wildman–Crippen LogP) is 2.91. The first-order chi connectivity index (χ1) is 13.3. The SMILES string of the molecule is Cc1noc(NS(=O)(=O)c2ccc(NC(=O)CN3CCCCCC3)cc2)c1C. The molecule has 2 heterocycles. The number of benzene rings is 1. The Balaban J connectivity index is 1.60. The molecule has 1 aromatic heterocycles. The van der Waals surface area contributed by atoms with Gasteiger partial charge in [-0.3, -0.25) is 9.69 Å². The van der Waals surface area contributed by atoms with Gasteiger partial charge in [0.15, 0.2) is 0 Å². The number of aromatic nitrogens is 1. The van der Waals surface area contributed by atoms with Gasteiger partial charge < -0.3 is 9.84 Å². The third kappa shape index (κ3) is 5.11. The predicted molar refractivity (Wildman–Crippen MR) is 107 cm³/mol. The molecule has 1 aromatic carbocycles. The highest BCUT2D eigenvalue weighted by Gasteiger charge is 2.19. The molecular formula is C19H26N4O4S. The third-order valence-electron chi connectivity index (χ3n) is 4.90. The number of sulfonamides is 1. The molecule has 1 saturated heterocycles. The molecule has 28 heavy (non-hydrogen) atoms. The normalized spacial score (nSPS) is 15.8. The second-order valence-electron chi connectivity index (χ2n) is 7.09. The van der Waals surface area contributed by atoms with Gasteiger partial charge in [0, 0.05) is 11.3 Å². The molecule has 0 aliphatic carbocycles. The maximum atomic E-state index is 12.5. The van der Waals surface area contributed by atoms with Crippen LogP contribution in [0.25, 0.3) is 0 Å². The van der Waals surface area contributed by atoms with Crippen LogP contribution in [0.5, 0.6) is 0 Å². The highest BCUT2D eigenvalue weighted by Crippen LogP contribution is 2.22. The van der Waals surface area contributed by atoms with E-state index in [1.807, 2.05) is 0 Å². The number of hydrogen-bond donors (Lipinski definition) is 2. The number of nitrogens with zero attached hydrogens (tertiary/aromatic N) is 2. The van der Waals surface area contributed by atoms with Crippen LogP contribution in [0.15, 0.2) is 33.7 Å². The molecule has 0 spiro atoms. The molecule has 2 N–H and O–H groups in total. The van der Waals surface area contributed by atoms with Gasteiger partial charge in [-0.25, -0.2) is 13.1 Å². The molecule has 0 radical (unpaired) electrons. The number of carbonyl (C=O) groups is 1. The summed E-state index contributed by atoms with van der Waals surface area (Å²) in [7, 11) is -3.80. The topological polar surface area (TPSA) is 105 Å². The van der Waals surface area contributed by atoms with Crippen LogP contribution in [0.1, 0.15) is 36.9 Å². The van der Waals surface area contributed by atoms with E-state index < -0.39 is 10.0 Å². The monoisotopic (exact) mass is 406 g/mol. The van der Waals surface area contributed by atoms with E-state index in [9.17, 15) is 13.2 Å². The van der Waals surface area contributed by atoms with Crippen molar-refractivity contribution in [2.75, 3.05) is 29.7 Å². The summed E-state index contributed by atoms with van der Waals surface area (Å²) in [6.45, 7) is 5.70. The minimum atomic E-state index is -3.80. The van der Waals surface area contributed by atoms with E-state index >= 15 is 0 Å². The van der Waals surface area contributed by atoms with Gasteiger partial charge >= 0.3 is 0 Å². The lowest BCUT2D eigenvalue weighted by molar-refractivity contribution is -0.117. The van der Waals surface area contributed by atoms with Crippen LogP contribution >= 0.6 is 0 Å². The van der Waals surface area contributed by atoms with Crippen LogP contribution in [0.4, 0.5) is 11.6 Å². The van der Waals surface area contributed by atoms with Gasteiger partial charge in [-0.15, -0.1) is 0 Å². The number of amides is 1. The summed E-state index contributed by atoms with van der Waals surface area (Å²) in [5.41, 5.74) is 1.83. The van der Waals surface area contributed by atoms with Crippen molar-refractivity contribution >= 4 is 27.5 Å². The minimum absolute atomic E-state index is 0.0754. The van der Waals surface area contributed by atoms with Crippen molar-refractivity contribution in [2.24, 2.45) is 0 Å². The highest BCUT2D eigenvalue weighted by molar-refractivity contribution is 7.92. The van der Waals surface area contributed by atoms with Crippen molar-refractivity contribution < 1.29 is 17.7 Å². The van der Waals surface area contributed by atoms with Crippen LogP contribution in [0.3, 0.4) is 0 Å². The van der Waals surface area contributed by atoms with Crippen LogP contribution in [0.2, 0.25) is 0 Å². The molecule has 8 nitrogen and oxygen atoms in total. The smallest absolute Gasteiger partial charge is 0.264 e. The molecule has 0 unspecified atom stereocenters. The van der Waals surface area contributed by atoms with Gasteiger partial charge in [0.2, 0.25) is 11.8 Å². The van der Waals surface area contributed by atoms with Gasteiger partial charge in [0.05, 0.1) is 17.1 Å². The molecule has 1 aliphatic heterocycles. The number of aryl methyl sites for hydroxylation is 1. The number of likely N-dealkylation sites (tertiary alicyclic amines) is 1. The summed E-state index contributed by atoms with van der Waals surface area (Å²) in [5, 5.41) is 6.57. The summed E-state index contributed by atoms with van der Waals surface area (Å²) < 4.78 is 32.4. The van der Waals surface area contributed by atoms with Crippen molar-refractivity contribution in [1.29, 1.82) is 0 Å². The zero-order valence-electron chi connectivity index (χ0n) is 16.2. The average molecular weight is 407 g/mol. The molecule has 152 valence electrons. The fourth-order valence-corrected chi connectivity index (χ4v) is 4.15. The van der Waals surface area contributed by atoms with E-state index in [1.54, 1.807) is 26.0 Å². The lowest BCUT2D eigenvalue weighted by Gasteiger charge is -2.19. The zero-order chi connectivity index (χ0) is 20.1. The Morgan fingerprint density at radius 1 is 1.11 bits per heavy atom. The lowest BCUT2D eigenvalue weighted by Crippen LogP contribution is -2.33. The molecule has 1 aliphatic rings. The molecule has 3 rings (SSSR count). The molecule has 1 amide bonds. The summed E-state index contributed by atoms with van der Waals surface area (Å²) in [6, 6.07) is 6.05. The average Bonchev–Trinajstić information content (AvgIpc) is 2.85. The Bertz CT molecular complexity index is 914. The maximum absolute atomic E-state index is 12.5.